The highest BCUT2D eigenvalue weighted by molar-refractivity contribution is 5.50. The van der Waals surface area contributed by atoms with Gasteiger partial charge in [-0.25, -0.2) is 4.68 Å². The van der Waals surface area contributed by atoms with E-state index >= 15 is 0 Å². The molecule has 0 aliphatic rings. The maximum absolute atomic E-state index is 5.51. The molecule has 5 heteroatoms. The standard InChI is InChI=1S/C23H27N3O2/c1-5-9-19-12-18(13-22(27-3)23(19)28-4)14-24-15-20-16-26(25-17(20)2)21-10-7-6-8-11-21/h5-8,10-13,16,24H,1,9,14-15H2,2-4H3. The number of allylic oxidation sites excluding steroid dienone is 1. The summed E-state index contributed by atoms with van der Waals surface area (Å²) in [4.78, 5) is 0. The number of methoxy groups -OCH3 is 2. The molecule has 0 atom stereocenters. The number of para-hydroxylation sites is 1. The van der Waals surface area contributed by atoms with E-state index in [2.05, 4.69) is 41.4 Å². The highest BCUT2D eigenvalue weighted by atomic mass is 16.5. The van der Waals surface area contributed by atoms with Crippen LogP contribution >= 0.6 is 0 Å². The molecule has 0 radical (unpaired) electrons. The van der Waals surface area contributed by atoms with Crippen LogP contribution in [0.5, 0.6) is 11.5 Å². The highest BCUT2D eigenvalue weighted by Gasteiger charge is 2.12. The Morgan fingerprint density at radius 2 is 1.86 bits per heavy atom. The maximum Gasteiger partial charge on any atom is 0.164 e. The van der Waals surface area contributed by atoms with E-state index in [9.17, 15) is 0 Å². The Kier molecular flexibility index (Phi) is 6.50. The smallest absolute Gasteiger partial charge is 0.164 e. The number of ether oxygens (including phenoxy) is 2. The summed E-state index contributed by atoms with van der Waals surface area (Å²) in [6.45, 7) is 7.33. The summed E-state index contributed by atoms with van der Waals surface area (Å²) in [6.07, 6.45) is 4.68. The van der Waals surface area contributed by atoms with Crippen LogP contribution in [0.3, 0.4) is 0 Å². The minimum Gasteiger partial charge on any atom is -0.493 e. The molecule has 3 aromatic rings. The van der Waals surface area contributed by atoms with Gasteiger partial charge >= 0.3 is 0 Å². The lowest BCUT2D eigenvalue weighted by atomic mass is 10.1. The van der Waals surface area contributed by atoms with Gasteiger partial charge in [0.1, 0.15) is 0 Å². The summed E-state index contributed by atoms with van der Waals surface area (Å²) < 4.78 is 12.9. The highest BCUT2D eigenvalue weighted by Crippen LogP contribution is 2.33. The van der Waals surface area contributed by atoms with Crippen molar-refractivity contribution in [1.82, 2.24) is 15.1 Å². The Hall–Kier alpha value is -3.05. The Morgan fingerprint density at radius 3 is 2.54 bits per heavy atom. The summed E-state index contributed by atoms with van der Waals surface area (Å²) in [5.41, 5.74) is 5.47. The van der Waals surface area contributed by atoms with Gasteiger partial charge in [-0.05, 0) is 37.1 Å². The first-order chi connectivity index (χ1) is 13.7. The molecule has 146 valence electrons. The molecular weight excluding hydrogens is 350 g/mol. The Balaban J connectivity index is 1.71. The molecular formula is C23H27N3O2. The summed E-state index contributed by atoms with van der Waals surface area (Å²) in [5, 5.41) is 8.13. The predicted molar refractivity (Wildman–Crippen MR) is 112 cm³/mol. The first-order valence-corrected chi connectivity index (χ1v) is 9.32. The zero-order valence-corrected chi connectivity index (χ0v) is 16.7. The molecule has 2 aromatic carbocycles. The number of aryl methyl sites for hydroxylation is 1. The number of rotatable bonds is 9. The van der Waals surface area contributed by atoms with E-state index in [1.807, 2.05) is 41.9 Å². The van der Waals surface area contributed by atoms with Gasteiger partial charge in [0.05, 0.1) is 25.6 Å². The summed E-state index contributed by atoms with van der Waals surface area (Å²) in [6, 6.07) is 14.3. The lowest BCUT2D eigenvalue weighted by Gasteiger charge is -2.14. The minimum atomic E-state index is 0.723. The summed E-state index contributed by atoms with van der Waals surface area (Å²) in [7, 11) is 3.32. The fourth-order valence-corrected chi connectivity index (χ4v) is 3.24. The average molecular weight is 377 g/mol. The van der Waals surface area contributed by atoms with E-state index in [1.165, 1.54) is 5.56 Å². The van der Waals surface area contributed by atoms with E-state index in [0.717, 1.165) is 53.5 Å². The number of nitrogens with zero attached hydrogens (tertiary/aromatic N) is 2. The molecule has 0 amide bonds. The fraction of sp³-hybridized carbons (Fsp3) is 0.261. The minimum absolute atomic E-state index is 0.723. The van der Waals surface area contributed by atoms with Crippen LogP contribution in [0.4, 0.5) is 0 Å². The summed E-state index contributed by atoms with van der Waals surface area (Å²) >= 11 is 0. The van der Waals surface area contributed by atoms with Gasteiger partial charge in [0, 0.05) is 30.4 Å². The van der Waals surface area contributed by atoms with E-state index in [0.29, 0.717) is 0 Å². The van der Waals surface area contributed by atoms with E-state index in [-0.39, 0.29) is 0 Å². The van der Waals surface area contributed by atoms with Crippen molar-refractivity contribution in [2.24, 2.45) is 0 Å². The molecule has 5 nitrogen and oxygen atoms in total. The van der Waals surface area contributed by atoms with Gasteiger partial charge in [-0.1, -0.05) is 30.3 Å². The Labute approximate surface area is 166 Å². The first kappa shape index (κ1) is 19.7. The van der Waals surface area contributed by atoms with Crippen molar-refractivity contribution in [3.05, 3.63) is 83.7 Å². The molecule has 3 rings (SSSR count). The molecule has 1 aromatic heterocycles. The zero-order chi connectivity index (χ0) is 19.9. The van der Waals surface area contributed by atoms with Crippen molar-refractivity contribution in [3.63, 3.8) is 0 Å². The second-order valence-electron chi connectivity index (χ2n) is 6.61. The Morgan fingerprint density at radius 1 is 1.07 bits per heavy atom. The molecule has 0 unspecified atom stereocenters. The summed E-state index contributed by atoms with van der Waals surface area (Å²) in [5.74, 6) is 1.51. The molecule has 0 saturated carbocycles. The van der Waals surface area contributed by atoms with Crippen LogP contribution in [0.1, 0.15) is 22.4 Å². The number of nitrogens with one attached hydrogen (secondary N) is 1. The van der Waals surface area contributed by atoms with Crippen LogP contribution in [0, 0.1) is 6.92 Å². The van der Waals surface area contributed by atoms with Gasteiger partial charge in [-0.3, -0.25) is 0 Å². The molecule has 28 heavy (non-hydrogen) atoms. The molecule has 0 fully saturated rings. The predicted octanol–water partition coefficient (Wildman–Crippen LogP) is 4.22. The van der Waals surface area contributed by atoms with Crippen LogP contribution in [0.25, 0.3) is 5.69 Å². The average Bonchev–Trinajstić information content (AvgIpc) is 3.09. The van der Waals surface area contributed by atoms with Crippen LogP contribution < -0.4 is 14.8 Å². The van der Waals surface area contributed by atoms with Crippen LogP contribution in [-0.2, 0) is 19.5 Å². The molecule has 0 aliphatic carbocycles. The normalized spacial score (nSPS) is 10.7. The van der Waals surface area contributed by atoms with E-state index in [1.54, 1.807) is 14.2 Å². The van der Waals surface area contributed by atoms with Crippen molar-refractivity contribution in [2.45, 2.75) is 26.4 Å². The van der Waals surface area contributed by atoms with Crippen molar-refractivity contribution in [2.75, 3.05) is 14.2 Å². The monoisotopic (exact) mass is 377 g/mol. The van der Waals surface area contributed by atoms with Gasteiger partial charge < -0.3 is 14.8 Å². The molecule has 1 heterocycles. The first-order valence-electron chi connectivity index (χ1n) is 9.32. The molecule has 0 aliphatic heterocycles. The lowest BCUT2D eigenvalue weighted by molar-refractivity contribution is 0.351. The van der Waals surface area contributed by atoms with Crippen LogP contribution in [-0.4, -0.2) is 24.0 Å². The van der Waals surface area contributed by atoms with Crippen molar-refractivity contribution < 1.29 is 9.47 Å². The second kappa shape index (κ2) is 9.24. The molecule has 0 saturated heterocycles. The number of benzene rings is 2. The molecule has 0 spiro atoms. The second-order valence-corrected chi connectivity index (χ2v) is 6.61. The largest absolute Gasteiger partial charge is 0.493 e. The van der Waals surface area contributed by atoms with Gasteiger partial charge in [-0.15, -0.1) is 6.58 Å². The van der Waals surface area contributed by atoms with Gasteiger partial charge in [0.2, 0.25) is 0 Å². The number of hydrogen-bond acceptors (Lipinski definition) is 4. The maximum atomic E-state index is 5.51. The topological polar surface area (TPSA) is 48.3 Å². The lowest BCUT2D eigenvalue weighted by Crippen LogP contribution is -2.13. The molecule has 0 bridgehead atoms. The van der Waals surface area contributed by atoms with Gasteiger partial charge in [0.25, 0.3) is 0 Å². The van der Waals surface area contributed by atoms with Crippen LogP contribution in [0.15, 0.2) is 61.3 Å². The SMILES string of the molecule is C=CCc1cc(CNCc2cn(-c3ccccc3)nc2C)cc(OC)c1OC. The zero-order valence-electron chi connectivity index (χ0n) is 16.7. The van der Waals surface area contributed by atoms with E-state index < -0.39 is 0 Å². The van der Waals surface area contributed by atoms with Crippen molar-refractivity contribution in [3.8, 4) is 17.2 Å². The third-order valence-electron chi connectivity index (χ3n) is 4.65. The van der Waals surface area contributed by atoms with Crippen molar-refractivity contribution >= 4 is 0 Å². The quantitative estimate of drug-likeness (QED) is 0.567. The number of hydrogen-bond donors (Lipinski definition) is 1. The van der Waals surface area contributed by atoms with Gasteiger partial charge in [-0.2, -0.15) is 5.10 Å². The molecule has 1 N–H and O–H groups in total. The third kappa shape index (κ3) is 4.43. The van der Waals surface area contributed by atoms with Crippen molar-refractivity contribution in [1.29, 1.82) is 0 Å². The third-order valence-corrected chi connectivity index (χ3v) is 4.65. The fourth-order valence-electron chi connectivity index (χ4n) is 3.24. The van der Waals surface area contributed by atoms with E-state index in [4.69, 9.17) is 9.47 Å². The number of aromatic nitrogens is 2. The Bertz CT molecular complexity index is 933. The van der Waals surface area contributed by atoms with Gasteiger partial charge in [0.15, 0.2) is 11.5 Å². The van der Waals surface area contributed by atoms with Crippen LogP contribution in [0.2, 0.25) is 0 Å².